The minimum Gasteiger partial charge on any atom is -0.343 e. The van der Waals surface area contributed by atoms with Gasteiger partial charge in [0.25, 0.3) is 5.91 Å². The number of nitrogens with zero attached hydrogens (tertiary/aromatic N) is 1. The second-order valence-electron chi connectivity index (χ2n) is 6.63. The Hall–Kier alpha value is -2.87. The molecule has 143 valence electrons. The summed E-state index contributed by atoms with van der Waals surface area (Å²) in [5.41, 5.74) is 4.04. The Kier molecular flexibility index (Phi) is 6.22. The van der Waals surface area contributed by atoms with E-state index in [9.17, 15) is 24.0 Å². The van der Waals surface area contributed by atoms with Crippen molar-refractivity contribution >= 4 is 29.8 Å². The maximum absolute atomic E-state index is 12.9. The summed E-state index contributed by atoms with van der Waals surface area (Å²) in [6, 6.07) is 6.60. The number of carbonyl (C=O) groups excluding carboxylic acids is 5. The number of hydrogen-bond acceptors (Lipinski definition) is 6. The second kappa shape index (κ2) is 8.22. The zero-order chi connectivity index (χ0) is 20.2. The van der Waals surface area contributed by atoms with E-state index in [1.807, 2.05) is 0 Å². The van der Waals surface area contributed by atoms with Crippen molar-refractivity contribution in [3.05, 3.63) is 35.9 Å². The fraction of sp³-hybridized carbons (Fsp3) is 0.421. The van der Waals surface area contributed by atoms with Gasteiger partial charge < -0.3 is 11.1 Å². The van der Waals surface area contributed by atoms with Crippen LogP contribution >= 0.6 is 0 Å². The summed E-state index contributed by atoms with van der Waals surface area (Å²) in [4.78, 5) is 62.4. The van der Waals surface area contributed by atoms with Crippen LogP contribution in [0.4, 0.5) is 0 Å². The highest BCUT2D eigenvalue weighted by Crippen LogP contribution is 2.29. The number of rotatable bonds is 6. The molecule has 1 aromatic rings. The number of likely N-dealkylation sites (tertiary alicyclic amines) is 1. The lowest BCUT2D eigenvalue weighted by Crippen LogP contribution is -2.67. The van der Waals surface area contributed by atoms with Gasteiger partial charge in [-0.25, -0.2) is 0 Å². The van der Waals surface area contributed by atoms with Crippen molar-refractivity contribution in [1.82, 2.24) is 10.2 Å². The smallest absolute Gasteiger partial charge is 0.252 e. The molecular formula is C19H22N3O5. The first-order valence-corrected chi connectivity index (χ1v) is 8.62. The predicted octanol–water partition coefficient (Wildman–Crippen LogP) is -0.352. The Morgan fingerprint density at radius 3 is 2.41 bits per heavy atom. The van der Waals surface area contributed by atoms with Gasteiger partial charge in [0.15, 0.2) is 11.3 Å². The molecule has 0 saturated carbocycles. The predicted molar refractivity (Wildman–Crippen MR) is 95.9 cm³/mol. The lowest BCUT2D eigenvalue weighted by molar-refractivity contribution is -0.160. The fourth-order valence-corrected chi connectivity index (χ4v) is 3.00. The molecule has 1 aromatic carbocycles. The molecular weight excluding hydrogens is 350 g/mol. The van der Waals surface area contributed by atoms with Crippen molar-refractivity contribution in [2.45, 2.75) is 50.7 Å². The molecule has 3 amide bonds. The van der Waals surface area contributed by atoms with Gasteiger partial charge in [-0.15, -0.1) is 0 Å². The van der Waals surface area contributed by atoms with Crippen molar-refractivity contribution in [3.63, 3.8) is 0 Å². The molecule has 3 N–H and O–H groups in total. The van der Waals surface area contributed by atoms with Gasteiger partial charge in [0.05, 0.1) is 6.04 Å². The van der Waals surface area contributed by atoms with Gasteiger partial charge in [0, 0.05) is 19.3 Å². The molecule has 8 nitrogen and oxygen atoms in total. The van der Waals surface area contributed by atoms with Gasteiger partial charge in [-0.3, -0.25) is 28.9 Å². The van der Waals surface area contributed by atoms with E-state index in [0.29, 0.717) is 10.5 Å². The van der Waals surface area contributed by atoms with Gasteiger partial charge in [0.2, 0.25) is 18.1 Å². The highest BCUT2D eigenvalue weighted by molar-refractivity contribution is 6.16. The van der Waals surface area contributed by atoms with Gasteiger partial charge in [-0.2, -0.15) is 0 Å². The van der Waals surface area contributed by atoms with E-state index < -0.39 is 41.1 Å². The highest BCUT2D eigenvalue weighted by Gasteiger charge is 2.53. The lowest BCUT2D eigenvalue weighted by Gasteiger charge is -2.41. The molecule has 0 unspecified atom stereocenters. The molecule has 0 bridgehead atoms. The van der Waals surface area contributed by atoms with Gasteiger partial charge >= 0.3 is 0 Å². The van der Waals surface area contributed by atoms with Crippen molar-refractivity contribution in [2.24, 2.45) is 5.73 Å². The van der Waals surface area contributed by atoms with Crippen LogP contribution in [0.5, 0.6) is 0 Å². The Bertz CT molecular complexity index is 762. The van der Waals surface area contributed by atoms with Crippen molar-refractivity contribution in [3.8, 4) is 0 Å². The summed E-state index contributed by atoms with van der Waals surface area (Å²) in [6.45, 7) is 2.81. The summed E-state index contributed by atoms with van der Waals surface area (Å²) in [5.74, 6) is -2.64. The Labute approximate surface area is 157 Å². The molecule has 1 aliphatic rings. The fourth-order valence-electron chi connectivity index (χ4n) is 3.00. The van der Waals surface area contributed by atoms with Crippen LogP contribution in [0.3, 0.4) is 0 Å². The second-order valence-corrected chi connectivity index (χ2v) is 6.63. The first kappa shape index (κ1) is 20.4. The van der Waals surface area contributed by atoms with E-state index in [2.05, 4.69) is 5.32 Å². The number of imide groups is 1. The van der Waals surface area contributed by atoms with Crippen LogP contribution in [0, 0.1) is 0 Å². The topological polar surface area (TPSA) is 127 Å². The van der Waals surface area contributed by atoms with Gasteiger partial charge in [-0.1, -0.05) is 30.3 Å². The number of ketones is 1. The largest absolute Gasteiger partial charge is 0.343 e. The van der Waals surface area contributed by atoms with Crippen LogP contribution < -0.4 is 11.1 Å². The number of benzene rings is 1. The van der Waals surface area contributed by atoms with E-state index >= 15 is 0 Å². The molecule has 0 aliphatic carbocycles. The maximum atomic E-state index is 12.9. The third kappa shape index (κ3) is 4.11. The van der Waals surface area contributed by atoms with E-state index in [1.165, 1.54) is 13.8 Å². The molecule has 0 spiro atoms. The standard InChI is InChI=1S/C19H22N3O5/c1-12(20)17(26)21-13(2)18(27)22-16(25)9-8-15(24)19(22,11-23)10-14-6-4-3-5-7-14/h3-7,12-13H,8-10,20H2,1-2H3,(H,21,26)/t12-,13-,19-/m0/s1. The third-order valence-electron chi connectivity index (χ3n) is 4.49. The average molecular weight is 372 g/mol. The number of amides is 3. The van der Waals surface area contributed by atoms with Gasteiger partial charge in [-0.05, 0) is 19.4 Å². The molecule has 1 aliphatic heterocycles. The molecule has 27 heavy (non-hydrogen) atoms. The van der Waals surface area contributed by atoms with Crippen LogP contribution in [0.25, 0.3) is 0 Å². The van der Waals surface area contributed by atoms with E-state index in [0.717, 1.165) is 0 Å². The Balaban J connectivity index is 2.40. The van der Waals surface area contributed by atoms with E-state index in [1.54, 1.807) is 36.6 Å². The van der Waals surface area contributed by atoms with Crippen molar-refractivity contribution in [2.75, 3.05) is 0 Å². The Morgan fingerprint density at radius 2 is 1.85 bits per heavy atom. The summed E-state index contributed by atoms with van der Waals surface area (Å²) in [5, 5.41) is 2.39. The van der Waals surface area contributed by atoms with E-state index in [-0.39, 0.29) is 19.3 Å². The molecule has 8 heteroatoms. The average Bonchev–Trinajstić information content (AvgIpc) is 2.65. The Morgan fingerprint density at radius 1 is 1.22 bits per heavy atom. The first-order chi connectivity index (χ1) is 12.7. The zero-order valence-electron chi connectivity index (χ0n) is 15.2. The number of hydrogen-bond donors (Lipinski definition) is 2. The molecule has 0 aromatic heterocycles. The number of piperidine rings is 1. The molecule has 3 atom stereocenters. The number of nitrogens with one attached hydrogen (secondary N) is 1. The minimum atomic E-state index is -2.04. The molecule has 1 heterocycles. The highest BCUT2D eigenvalue weighted by atomic mass is 16.2. The van der Waals surface area contributed by atoms with Crippen LogP contribution in [-0.2, 0) is 30.4 Å². The summed E-state index contributed by atoms with van der Waals surface area (Å²) in [6.07, 6.45) is 1.16. The monoisotopic (exact) mass is 372 g/mol. The first-order valence-electron chi connectivity index (χ1n) is 8.62. The van der Waals surface area contributed by atoms with Crippen LogP contribution in [0.2, 0.25) is 0 Å². The van der Waals surface area contributed by atoms with E-state index in [4.69, 9.17) is 5.73 Å². The number of carbonyl (C=O) groups is 4. The minimum absolute atomic E-state index is 0.148. The molecule has 2 rings (SSSR count). The zero-order valence-corrected chi connectivity index (χ0v) is 15.2. The molecule has 1 fully saturated rings. The number of nitrogens with two attached hydrogens (primary N) is 1. The lowest BCUT2D eigenvalue weighted by atomic mass is 9.80. The maximum Gasteiger partial charge on any atom is 0.252 e. The summed E-state index contributed by atoms with van der Waals surface area (Å²) >= 11 is 0. The SMILES string of the molecule is C[C@H](N)C(=O)N[C@@H](C)C(=O)N1C(=O)CCC(=O)[C@@]1([C]=O)Cc1ccccc1. The van der Waals surface area contributed by atoms with Crippen LogP contribution in [0.1, 0.15) is 32.3 Å². The summed E-state index contributed by atoms with van der Waals surface area (Å²) in [7, 11) is 0. The van der Waals surface area contributed by atoms with Crippen LogP contribution in [0.15, 0.2) is 30.3 Å². The summed E-state index contributed by atoms with van der Waals surface area (Å²) < 4.78 is 0. The third-order valence-corrected chi connectivity index (χ3v) is 4.49. The number of Topliss-reactive ketones (excluding diaryl/α,β-unsaturated/α-hetero) is 1. The quantitative estimate of drug-likeness (QED) is 0.657. The normalized spacial score (nSPS) is 22.1. The van der Waals surface area contributed by atoms with Crippen LogP contribution in [-0.4, -0.2) is 52.3 Å². The van der Waals surface area contributed by atoms with Crippen molar-refractivity contribution in [1.29, 1.82) is 0 Å². The van der Waals surface area contributed by atoms with Gasteiger partial charge in [0.1, 0.15) is 6.04 Å². The molecule has 1 radical (unpaired) electrons. The molecule has 1 saturated heterocycles. The van der Waals surface area contributed by atoms with Crippen molar-refractivity contribution < 1.29 is 24.0 Å².